The molecule has 1 aromatic heterocycles. The Morgan fingerprint density at radius 3 is 2.22 bits per heavy atom. The number of Topliss-reactive ketones (excluding diaryl/α,β-unsaturated/α-hetero) is 1. The van der Waals surface area contributed by atoms with Gasteiger partial charge in [-0.15, -0.1) is 5.10 Å². The summed E-state index contributed by atoms with van der Waals surface area (Å²) in [6.45, 7) is 2.02. The summed E-state index contributed by atoms with van der Waals surface area (Å²) in [5.74, 6) is -7.86. The van der Waals surface area contributed by atoms with Crippen LogP contribution in [0.25, 0.3) is 55.9 Å². The van der Waals surface area contributed by atoms with Crippen molar-refractivity contribution in [3.63, 3.8) is 0 Å². The number of rotatable bonds is 30. The predicted octanol–water partition coefficient (Wildman–Crippen LogP) is 5.78. The van der Waals surface area contributed by atoms with Crippen LogP contribution in [0.4, 0.5) is 11.4 Å². The number of ketones is 1. The van der Waals surface area contributed by atoms with Crippen molar-refractivity contribution in [2.45, 2.75) is 63.7 Å². The third kappa shape index (κ3) is 16.1. The summed E-state index contributed by atoms with van der Waals surface area (Å²) in [6.07, 6.45) is -0.836. The number of ether oxygens (including phenoxy) is 3. The lowest BCUT2D eigenvalue weighted by molar-refractivity contribution is -0.143. The van der Waals surface area contributed by atoms with Crippen molar-refractivity contribution >= 4 is 93.6 Å². The topological polar surface area (TPSA) is 354 Å². The molecular weight excluding hydrogens is 1150 g/mol. The van der Waals surface area contributed by atoms with Crippen LogP contribution in [0, 0.1) is 5.92 Å². The second-order valence-electron chi connectivity index (χ2n) is 20.0. The molecule has 3 aliphatic rings. The molecule has 0 radical (unpaired) electrons. The van der Waals surface area contributed by atoms with Gasteiger partial charge in [-0.2, -0.15) is 12.6 Å². The number of nitrogens with two attached hydrogens (primary N) is 1. The highest BCUT2D eigenvalue weighted by molar-refractivity contribution is 7.80. The first-order chi connectivity index (χ1) is 41.4. The van der Waals surface area contributed by atoms with E-state index in [0.29, 0.717) is 102 Å². The van der Waals surface area contributed by atoms with Crippen molar-refractivity contribution < 1.29 is 72.6 Å². The molecule has 3 heterocycles. The number of carboxylic acid groups (broad SMARTS) is 3. The van der Waals surface area contributed by atoms with Gasteiger partial charge in [0.25, 0.3) is 0 Å². The number of nitrogens with one attached hydrogen (secondary N) is 3. The van der Waals surface area contributed by atoms with E-state index in [-0.39, 0.29) is 65.7 Å². The van der Waals surface area contributed by atoms with Gasteiger partial charge >= 0.3 is 17.9 Å². The molecule has 0 unspecified atom stereocenters. The number of aliphatic carboxylic acids is 2. The average Bonchev–Trinajstić information content (AvgIpc) is 1.45. The van der Waals surface area contributed by atoms with Crippen molar-refractivity contribution in [2.75, 3.05) is 62.2 Å². The van der Waals surface area contributed by atoms with Crippen LogP contribution in [-0.2, 0) is 56.1 Å². The number of phenolic OH excluding ortho intramolecular Hbond substituents is 1. The Morgan fingerprint density at radius 1 is 0.779 bits per heavy atom. The fourth-order valence-electron chi connectivity index (χ4n) is 9.69. The Labute approximate surface area is 502 Å². The van der Waals surface area contributed by atoms with E-state index in [4.69, 9.17) is 36.6 Å². The average molecular weight is 1220 g/mol. The number of carboxylic acids is 3. The summed E-state index contributed by atoms with van der Waals surface area (Å²) >= 11 is 9.50. The van der Waals surface area contributed by atoms with Gasteiger partial charge in [0.2, 0.25) is 17.7 Å². The van der Waals surface area contributed by atoms with Crippen LogP contribution in [0.3, 0.4) is 0 Å². The molecule has 9 N–H and O–H groups in total. The second kappa shape index (κ2) is 29.7. The molecule has 4 aromatic carbocycles. The van der Waals surface area contributed by atoms with Crippen LogP contribution in [0.15, 0.2) is 112 Å². The number of aromatic carboxylic acids is 1. The molecule has 8 rings (SSSR count). The smallest absolute Gasteiger partial charge is 0.336 e. The number of carbonyl (C=O) groups excluding carboxylic acids is 4. The largest absolute Gasteiger partial charge is 0.508 e. The van der Waals surface area contributed by atoms with Gasteiger partial charge < -0.3 is 65.6 Å². The Balaban J connectivity index is 0.761. The van der Waals surface area contributed by atoms with Gasteiger partial charge in [0, 0.05) is 90.0 Å². The number of amides is 3. The lowest BCUT2D eigenvalue weighted by Gasteiger charge is -2.28. The second-order valence-corrected chi connectivity index (χ2v) is 20.8. The van der Waals surface area contributed by atoms with Gasteiger partial charge in [0.1, 0.15) is 28.8 Å². The number of aromatic hydroxyl groups is 1. The van der Waals surface area contributed by atoms with Gasteiger partial charge in [-0.1, -0.05) is 66.0 Å². The van der Waals surface area contributed by atoms with E-state index >= 15 is 0 Å². The van der Waals surface area contributed by atoms with Crippen molar-refractivity contribution in [2.24, 2.45) is 11.7 Å². The van der Waals surface area contributed by atoms with Gasteiger partial charge in [0.05, 0.1) is 86.4 Å². The molecule has 450 valence electrons. The molecule has 26 heteroatoms. The molecular formula is C60H62N8O16S2. The number of benzene rings is 5. The van der Waals surface area contributed by atoms with Gasteiger partial charge in [-0.3, -0.25) is 33.6 Å². The first-order valence-corrected chi connectivity index (χ1v) is 28.4. The fourth-order valence-corrected chi connectivity index (χ4v) is 10.2. The highest BCUT2D eigenvalue weighted by Crippen LogP contribution is 2.44. The quantitative estimate of drug-likeness (QED) is 0.0111. The minimum Gasteiger partial charge on any atom is -0.508 e. The number of para-hydroxylation sites is 1. The predicted molar refractivity (Wildman–Crippen MR) is 322 cm³/mol. The Hall–Kier alpha value is -8.92. The highest BCUT2D eigenvalue weighted by atomic mass is 32.1. The monoisotopic (exact) mass is 1210 g/mol. The molecule has 86 heavy (non-hydrogen) atoms. The third-order valence-electron chi connectivity index (χ3n) is 14.0. The van der Waals surface area contributed by atoms with Crippen LogP contribution >= 0.6 is 24.8 Å². The SMILES string of the molecule is N[C@H](CNC(=O)CCC(=O)N1Cc2ccccc2-c2c(nnn2CCOCCOCCOCCCC(=S)Nc2ccc(-c3c4ccc(=O)cc-4oc4cc(O)ccc34)c(C(=O)O)c2)-c2ccccc21)C(=O)N[C@H](CC(=O)O)C(=O)C[C@H](CS)C(=O)O. The van der Waals surface area contributed by atoms with Crippen molar-refractivity contribution in [3.8, 4) is 50.7 Å². The summed E-state index contributed by atoms with van der Waals surface area (Å²) in [5, 5.41) is 56.6. The molecule has 0 saturated carbocycles. The zero-order chi connectivity index (χ0) is 61.4. The minimum atomic E-state index is -1.57. The van der Waals surface area contributed by atoms with Gasteiger partial charge in [-0.25, -0.2) is 9.48 Å². The fraction of sp³-hybridized carbons (Fsp3) is 0.317. The molecule has 0 fully saturated rings. The molecule has 0 saturated heterocycles. The van der Waals surface area contributed by atoms with Crippen LogP contribution < -0.4 is 32.0 Å². The standard InChI is InChI=1S/C60H62N8O16S2/c61-45(58(76)64-46(30-54(74)75)48(71)26-35(33-85)59(77)78)31-62-51(72)17-18-53(73)67-32-34-6-1-2-7-39(34)57-56(41-8-3-4-9-47(41)67)65-66-68(57)19-21-82-23-25-83-24-22-81-20-5-10-52(86)63-36-11-14-40(44(27-36)60(79)80)55-42-15-12-37(69)28-49(42)84-50-29-38(70)13-16-43(50)55/h1-4,6-9,11-16,27-29,35,45-46,69,85H,5,10,17-26,30-33,61H2,(H,62,72)(H,63,86)(H,64,76)(H,74,75)(H,77,78)(H,79,80)/t35-,45-,46-/m1/s1. The summed E-state index contributed by atoms with van der Waals surface area (Å²) in [6, 6.07) is 25.5. The molecule has 2 aliphatic heterocycles. The summed E-state index contributed by atoms with van der Waals surface area (Å²) in [4.78, 5) is 102. The normalized spacial score (nSPS) is 12.8. The van der Waals surface area contributed by atoms with Gasteiger partial charge in [-0.05, 0) is 60.0 Å². The number of fused-ring (bicyclic) bond motifs is 7. The lowest BCUT2D eigenvalue weighted by atomic mass is 9.90. The van der Waals surface area contributed by atoms with Crippen LogP contribution in [-0.4, -0.2) is 146 Å². The van der Waals surface area contributed by atoms with E-state index in [1.165, 1.54) is 30.3 Å². The Kier molecular flexibility index (Phi) is 21.8. The Bertz CT molecular complexity index is 3700. The molecule has 5 aromatic rings. The molecule has 3 amide bonds. The van der Waals surface area contributed by atoms with Crippen molar-refractivity contribution in [1.29, 1.82) is 0 Å². The van der Waals surface area contributed by atoms with E-state index in [1.807, 2.05) is 36.4 Å². The lowest BCUT2D eigenvalue weighted by Crippen LogP contribution is -2.53. The Morgan fingerprint density at radius 2 is 1.49 bits per heavy atom. The number of thiol groups is 1. The molecule has 0 spiro atoms. The summed E-state index contributed by atoms with van der Waals surface area (Å²) < 4.78 is 25.1. The number of nitrogens with zero attached hydrogens (tertiary/aromatic N) is 4. The number of phenols is 1. The molecule has 0 bridgehead atoms. The van der Waals surface area contributed by atoms with E-state index in [2.05, 4.69) is 38.9 Å². The maximum atomic E-state index is 14.1. The van der Waals surface area contributed by atoms with E-state index < -0.39 is 72.9 Å². The minimum absolute atomic E-state index is 0.00471. The van der Waals surface area contributed by atoms with Gasteiger partial charge in [0.15, 0.2) is 11.2 Å². The maximum absolute atomic E-state index is 14.1. The number of hydrogen-bond donors (Lipinski definition) is 9. The van der Waals surface area contributed by atoms with E-state index in [0.717, 1.165) is 16.8 Å². The third-order valence-corrected chi connectivity index (χ3v) is 14.7. The summed E-state index contributed by atoms with van der Waals surface area (Å²) in [7, 11) is 0. The number of aromatic nitrogens is 3. The van der Waals surface area contributed by atoms with E-state index in [1.54, 1.807) is 46.0 Å². The van der Waals surface area contributed by atoms with Crippen LogP contribution in [0.1, 0.15) is 54.4 Å². The maximum Gasteiger partial charge on any atom is 0.336 e. The van der Waals surface area contributed by atoms with E-state index in [9.17, 15) is 58.8 Å². The number of hydrogen-bond acceptors (Lipinski definition) is 18. The first kappa shape index (κ1) is 63.1. The molecule has 24 nitrogen and oxygen atoms in total. The van der Waals surface area contributed by atoms with Crippen molar-refractivity contribution in [3.05, 3.63) is 124 Å². The number of carbonyl (C=O) groups is 7. The zero-order valence-electron chi connectivity index (χ0n) is 46.3. The van der Waals surface area contributed by atoms with Crippen molar-refractivity contribution in [1.82, 2.24) is 25.6 Å². The zero-order valence-corrected chi connectivity index (χ0v) is 48.0. The number of thiocarbonyl (C=S) groups is 1. The summed E-state index contributed by atoms with van der Waals surface area (Å²) in [5.41, 5.74) is 11.9. The molecule has 1 aliphatic carbocycles. The first-order valence-electron chi connectivity index (χ1n) is 27.3. The molecule has 3 atom stereocenters. The van der Waals surface area contributed by atoms with Crippen LogP contribution in [0.2, 0.25) is 0 Å². The van der Waals surface area contributed by atoms with Crippen LogP contribution in [0.5, 0.6) is 5.75 Å². The number of anilines is 2. The highest BCUT2D eigenvalue weighted by Gasteiger charge is 2.32.